The average molecular weight is 325 g/mol. The van der Waals surface area contributed by atoms with Gasteiger partial charge in [0.25, 0.3) is 0 Å². The van der Waals surface area contributed by atoms with E-state index >= 15 is 0 Å². The molecule has 2 rings (SSSR count). The van der Waals surface area contributed by atoms with Crippen molar-refractivity contribution in [1.82, 2.24) is 0 Å². The maximum absolute atomic E-state index is 3.42. The summed E-state index contributed by atoms with van der Waals surface area (Å²) in [5.41, 5.74) is 3.30. The topological polar surface area (TPSA) is 0 Å². The molecule has 0 radical (unpaired) electrons. The highest BCUT2D eigenvalue weighted by Crippen LogP contribution is 2.10. The Morgan fingerprint density at radius 3 is 2.00 bits per heavy atom. The second kappa shape index (κ2) is 7.72. The zero-order chi connectivity index (χ0) is 14.2. The van der Waals surface area contributed by atoms with E-state index in [9.17, 15) is 0 Å². The number of rotatable bonds is 3. The molecule has 0 N–H and O–H groups in total. The minimum Gasteiger partial charge on any atom is -0.0840 e. The van der Waals surface area contributed by atoms with Crippen molar-refractivity contribution in [3.8, 4) is 11.8 Å². The van der Waals surface area contributed by atoms with Crippen molar-refractivity contribution in [1.29, 1.82) is 0 Å². The normalized spacial score (nSPS) is 10.3. The van der Waals surface area contributed by atoms with Crippen molar-refractivity contribution >= 4 is 22.0 Å². The molecule has 0 aliphatic heterocycles. The summed E-state index contributed by atoms with van der Waals surface area (Å²) in [6.45, 7) is 2.19. The number of benzene rings is 2. The van der Waals surface area contributed by atoms with E-state index in [-0.39, 0.29) is 0 Å². The van der Waals surface area contributed by atoms with Crippen molar-refractivity contribution in [2.75, 3.05) is 0 Å². The highest BCUT2D eigenvalue weighted by atomic mass is 79.9. The molecule has 0 atom stereocenters. The van der Waals surface area contributed by atoms with E-state index < -0.39 is 0 Å². The van der Waals surface area contributed by atoms with E-state index in [2.05, 4.69) is 71.1 Å². The van der Waals surface area contributed by atoms with Gasteiger partial charge in [0, 0.05) is 15.6 Å². The molecule has 20 heavy (non-hydrogen) atoms. The highest BCUT2D eigenvalue weighted by molar-refractivity contribution is 9.10. The van der Waals surface area contributed by atoms with Crippen LogP contribution in [0.15, 0.2) is 59.1 Å². The zero-order valence-electron chi connectivity index (χ0n) is 11.6. The third kappa shape index (κ3) is 4.72. The molecule has 2 aromatic rings. The fraction of sp³-hybridized carbons (Fsp3) is 0.158. The molecule has 1 heteroatoms. The van der Waals surface area contributed by atoms with Gasteiger partial charge >= 0.3 is 0 Å². The van der Waals surface area contributed by atoms with Crippen LogP contribution in [0.4, 0.5) is 0 Å². The SMILES string of the molecule is CCCC=Cc1ccc(C#Cc2ccc(Br)cc2)cc1. The predicted octanol–water partition coefficient (Wildman–Crippen LogP) is 5.66. The number of allylic oxidation sites excluding steroid dienone is 1. The Hall–Kier alpha value is -1.78. The molecular weight excluding hydrogens is 308 g/mol. The minimum absolute atomic E-state index is 1.03. The predicted molar refractivity (Wildman–Crippen MR) is 90.5 cm³/mol. The molecule has 0 aliphatic rings. The van der Waals surface area contributed by atoms with Crippen LogP contribution in [0.25, 0.3) is 6.08 Å². The van der Waals surface area contributed by atoms with Crippen LogP contribution in [-0.4, -0.2) is 0 Å². The third-order valence-electron chi connectivity index (χ3n) is 2.87. The van der Waals surface area contributed by atoms with Crippen molar-refractivity contribution in [3.63, 3.8) is 0 Å². The number of unbranched alkanes of at least 4 members (excludes halogenated alkanes) is 1. The Morgan fingerprint density at radius 2 is 1.45 bits per heavy atom. The van der Waals surface area contributed by atoms with Gasteiger partial charge in [-0.3, -0.25) is 0 Å². The molecule has 0 spiro atoms. The van der Waals surface area contributed by atoms with E-state index in [0.29, 0.717) is 0 Å². The van der Waals surface area contributed by atoms with Gasteiger partial charge in [-0.1, -0.05) is 65.4 Å². The van der Waals surface area contributed by atoms with E-state index in [1.54, 1.807) is 0 Å². The molecule has 0 amide bonds. The van der Waals surface area contributed by atoms with Crippen molar-refractivity contribution in [2.24, 2.45) is 0 Å². The summed E-state index contributed by atoms with van der Waals surface area (Å²) in [4.78, 5) is 0. The summed E-state index contributed by atoms with van der Waals surface area (Å²) in [5, 5.41) is 0. The van der Waals surface area contributed by atoms with Crippen LogP contribution < -0.4 is 0 Å². The lowest BCUT2D eigenvalue weighted by Gasteiger charge is -1.94. The second-order valence-electron chi connectivity index (χ2n) is 4.57. The summed E-state index contributed by atoms with van der Waals surface area (Å²) >= 11 is 3.42. The maximum atomic E-state index is 3.42. The minimum atomic E-state index is 1.03. The second-order valence-corrected chi connectivity index (χ2v) is 5.49. The van der Waals surface area contributed by atoms with Gasteiger partial charge in [0.1, 0.15) is 0 Å². The first-order chi connectivity index (χ1) is 9.78. The summed E-state index contributed by atoms with van der Waals surface area (Å²) < 4.78 is 1.08. The Kier molecular flexibility index (Phi) is 5.65. The van der Waals surface area contributed by atoms with Crippen molar-refractivity contribution in [2.45, 2.75) is 19.8 Å². The lowest BCUT2D eigenvalue weighted by molar-refractivity contribution is 0.962. The number of halogens is 1. The van der Waals surface area contributed by atoms with Crippen LogP contribution in [0.1, 0.15) is 36.5 Å². The molecule has 0 saturated heterocycles. The van der Waals surface area contributed by atoms with Crippen LogP contribution >= 0.6 is 15.9 Å². The van der Waals surface area contributed by atoms with Crippen LogP contribution in [0.2, 0.25) is 0 Å². The molecule has 0 aliphatic carbocycles. The third-order valence-corrected chi connectivity index (χ3v) is 3.40. The monoisotopic (exact) mass is 324 g/mol. The summed E-state index contributed by atoms with van der Waals surface area (Å²) in [6, 6.07) is 16.4. The van der Waals surface area contributed by atoms with Crippen LogP contribution in [-0.2, 0) is 0 Å². The summed E-state index contributed by atoms with van der Waals surface area (Å²) in [7, 11) is 0. The highest BCUT2D eigenvalue weighted by Gasteiger charge is 1.90. The lowest BCUT2D eigenvalue weighted by atomic mass is 10.1. The maximum Gasteiger partial charge on any atom is 0.0249 e. The molecule has 0 unspecified atom stereocenters. The Balaban J connectivity index is 2.06. The van der Waals surface area contributed by atoms with Crippen LogP contribution in [0, 0.1) is 11.8 Å². The van der Waals surface area contributed by atoms with E-state index in [4.69, 9.17) is 0 Å². The smallest absolute Gasteiger partial charge is 0.0249 e. The van der Waals surface area contributed by atoms with Gasteiger partial charge in [-0.2, -0.15) is 0 Å². The number of hydrogen-bond donors (Lipinski definition) is 0. The quantitative estimate of drug-likeness (QED) is 0.639. The average Bonchev–Trinajstić information content (AvgIpc) is 2.48. The Bertz CT molecular complexity index is 622. The Morgan fingerprint density at radius 1 is 0.900 bits per heavy atom. The molecule has 2 aromatic carbocycles. The molecule has 0 nitrogen and oxygen atoms in total. The largest absolute Gasteiger partial charge is 0.0840 e. The van der Waals surface area contributed by atoms with Gasteiger partial charge in [-0.25, -0.2) is 0 Å². The van der Waals surface area contributed by atoms with Crippen molar-refractivity contribution in [3.05, 3.63) is 75.8 Å². The standard InChI is InChI=1S/C19H17Br/c1-2-3-4-5-16-6-8-17(9-7-16)10-11-18-12-14-19(20)15-13-18/h4-9,12-15H,2-3H2,1H3. The summed E-state index contributed by atoms with van der Waals surface area (Å²) in [6.07, 6.45) is 6.69. The van der Waals surface area contributed by atoms with E-state index in [0.717, 1.165) is 22.0 Å². The molecule has 0 heterocycles. The van der Waals surface area contributed by atoms with Gasteiger partial charge in [0.2, 0.25) is 0 Å². The van der Waals surface area contributed by atoms with Crippen molar-refractivity contribution < 1.29 is 0 Å². The van der Waals surface area contributed by atoms with Gasteiger partial charge < -0.3 is 0 Å². The molecule has 0 aromatic heterocycles. The zero-order valence-corrected chi connectivity index (χ0v) is 13.2. The van der Waals surface area contributed by atoms with E-state index in [1.165, 1.54) is 12.0 Å². The fourth-order valence-corrected chi connectivity index (χ4v) is 2.01. The summed E-state index contributed by atoms with van der Waals surface area (Å²) in [5.74, 6) is 6.36. The first-order valence-corrected chi connectivity index (χ1v) is 7.61. The van der Waals surface area contributed by atoms with Crippen LogP contribution in [0.3, 0.4) is 0 Å². The van der Waals surface area contributed by atoms with Gasteiger partial charge in [-0.15, -0.1) is 0 Å². The van der Waals surface area contributed by atoms with E-state index in [1.807, 2.05) is 24.3 Å². The molecular formula is C19H17Br. The Labute approximate surface area is 129 Å². The van der Waals surface area contributed by atoms with Gasteiger partial charge in [0.15, 0.2) is 0 Å². The van der Waals surface area contributed by atoms with Gasteiger partial charge in [0.05, 0.1) is 0 Å². The lowest BCUT2D eigenvalue weighted by Crippen LogP contribution is -1.77. The molecule has 100 valence electrons. The molecule has 0 bridgehead atoms. The molecule has 0 saturated carbocycles. The fourth-order valence-electron chi connectivity index (χ4n) is 1.74. The first kappa shape index (κ1) is 14.6. The number of hydrogen-bond acceptors (Lipinski definition) is 0. The first-order valence-electron chi connectivity index (χ1n) is 6.82. The van der Waals surface area contributed by atoms with Crippen LogP contribution in [0.5, 0.6) is 0 Å². The molecule has 0 fully saturated rings. The van der Waals surface area contributed by atoms with Gasteiger partial charge in [-0.05, 0) is 48.4 Å².